The van der Waals surface area contributed by atoms with Gasteiger partial charge in [0.05, 0.1) is 6.61 Å². The van der Waals surface area contributed by atoms with Gasteiger partial charge in [-0.2, -0.15) is 0 Å². The Morgan fingerprint density at radius 1 is 1.26 bits per heavy atom. The normalized spacial score (nSPS) is 23.1. The third-order valence-electron chi connectivity index (χ3n) is 3.69. The number of Topliss-reactive ketones (excluding diaryl/α,β-unsaturated/α-hetero) is 1. The third-order valence-corrected chi connectivity index (χ3v) is 3.69. The van der Waals surface area contributed by atoms with E-state index in [0.29, 0.717) is 13.0 Å². The maximum absolute atomic E-state index is 12.3. The van der Waals surface area contributed by atoms with Crippen LogP contribution in [0.25, 0.3) is 0 Å². The molecule has 0 radical (unpaired) electrons. The molecule has 2 rings (SSSR count). The van der Waals surface area contributed by atoms with Crippen LogP contribution in [0.4, 0.5) is 0 Å². The van der Waals surface area contributed by atoms with Crippen molar-refractivity contribution in [3.63, 3.8) is 0 Å². The highest BCUT2D eigenvalue weighted by Gasteiger charge is 2.36. The molecular formula is C16H20O3. The molecule has 3 heteroatoms. The first-order valence-electron chi connectivity index (χ1n) is 6.96. The van der Waals surface area contributed by atoms with Gasteiger partial charge in [-0.1, -0.05) is 36.8 Å². The van der Waals surface area contributed by atoms with E-state index in [4.69, 9.17) is 4.74 Å². The summed E-state index contributed by atoms with van der Waals surface area (Å²) in [7, 11) is 0. The fourth-order valence-corrected chi connectivity index (χ4v) is 2.72. The van der Waals surface area contributed by atoms with Crippen molar-refractivity contribution in [3.05, 3.63) is 35.9 Å². The van der Waals surface area contributed by atoms with E-state index in [-0.39, 0.29) is 17.7 Å². The molecule has 0 heterocycles. The number of benzene rings is 1. The third kappa shape index (κ3) is 3.43. The average Bonchev–Trinajstić information content (AvgIpc) is 2.42. The van der Waals surface area contributed by atoms with Gasteiger partial charge in [-0.3, -0.25) is 9.59 Å². The van der Waals surface area contributed by atoms with Gasteiger partial charge in [-0.15, -0.1) is 0 Å². The van der Waals surface area contributed by atoms with Crippen LogP contribution in [0.5, 0.6) is 0 Å². The van der Waals surface area contributed by atoms with Crippen LogP contribution < -0.4 is 0 Å². The summed E-state index contributed by atoms with van der Waals surface area (Å²) < 4.78 is 4.99. The minimum Gasteiger partial charge on any atom is -0.465 e. The standard InChI is InChI=1S/C16H20O3/c1-2-19-16(18)14-10-6-9-13(15(14)17)11-12-7-4-3-5-8-12/h3-5,7-8,13-14H,2,6,9-11H2,1H3. The van der Waals surface area contributed by atoms with Crippen LogP contribution in [-0.4, -0.2) is 18.4 Å². The topological polar surface area (TPSA) is 43.4 Å². The van der Waals surface area contributed by atoms with E-state index in [1.165, 1.54) is 0 Å². The first-order valence-corrected chi connectivity index (χ1v) is 6.96. The van der Waals surface area contributed by atoms with Gasteiger partial charge in [0.15, 0.2) is 0 Å². The Labute approximate surface area is 114 Å². The van der Waals surface area contributed by atoms with E-state index in [1.807, 2.05) is 30.3 Å². The molecule has 1 aliphatic carbocycles. The smallest absolute Gasteiger partial charge is 0.316 e. The van der Waals surface area contributed by atoms with Gasteiger partial charge in [-0.05, 0) is 31.7 Å². The van der Waals surface area contributed by atoms with Crippen molar-refractivity contribution in [2.75, 3.05) is 6.61 Å². The van der Waals surface area contributed by atoms with Crippen LogP contribution in [-0.2, 0) is 20.7 Å². The summed E-state index contributed by atoms with van der Waals surface area (Å²) in [5.74, 6) is -0.855. The Balaban J connectivity index is 2.02. The lowest BCUT2D eigenvalue weighted by Gasteiger charge is -2.26. The monoisotopic (exact) mass is 260 g/mol. The van der Waals surface area contributed by atoms with E-state index in [2.05, 4.69) is 0 Å². The van der Waals surface area contributed by atoms with Gasteiger partial charge in [0.2, 0.25) is 0 Å². The number of ether oxygens (including phenoxy) is 1. The van der Waals surface area contributed by atoms with Crippen molar-refractivity contribution < 1.29 is 14.3 Å². The SMILES string of the molecule is CCOC(=O)C1CCCC(Cc2ccccc2)C1=O. The highest BCUT2D eigenvalue weighted by Crippen LogP contribution is 2.29. The van der Waals surface area contributed by atoms with E-state index in [0.717, 1.165) is 24.8 Å². The van der Waals surface area contributed by atoms with E-state index < -0.39 is 5.92 Å². The van der Waals surface area contributed by atoms with Crippen LogP contribution in [0.2, 0.25) is 0 Å². The molecule has 1 fully saturated rings. The number of esters is 1. The van der Waals surface area contributed by atoms with Crippen molar-refractivity contribution in [1.82, 2.24) is 0 Å². The molecule has 0 amide bonds. The summed E-state index contributed by atoms with van der Waals surface area (Å²) in [6.07, 6.45) is 3.18. The molecule has 1 aromatic carbocycles. The predicted molar refractivity (Wildman–Crippen MR) is 72.6 cm³/mol. The number of carbonyl (C=O) groups excluding carboxylic acids is 2. The molecule has 102 valence electrons. The van der Waals surface area contributed by atoms with Crippen molar-refractivity contribution in [3.8, 4) is 0 Å². The zero-order valence-electron chi connectivity index (χ0n) is 11.3. The predicted octanol–water partition coefficient (Wildman–Crippen LogP) is 2.78. The molecule has 1 aromatic rings. The van der Waals surface area contributed by atoms with Crippen LogP contribution in [0.15, 0.2) is 30.3 Å². The minimum atomic E-state index is -0.539. The van der Waals surface area contributed by atoms with Gasteiger partial charge >= 0.3 is 5.97 Å². The van der Waals surface area contributed by atoms with Crippen LogP contribution in [0.1, 0.15) is 31.7 Å². The number of hydrogen-bond acceptors (Lipinski definition) is 3. The molecule has 0 saturated heterocycles. The van der Waals surface area contributed by atoms with Crippen LogP contribution in [0.3, 0.4) is 0 Å². The van der Waals surface area contributed by atoms with Crippen molar-refractivity contribution in [2.24, 2.45) is 11.8 Å². The fourth-order valence-electron chi connectivity index (χ4n) is 2.72. The Hall–Kier alpha value is -1.64. The number of carbonyl (C=O) groups is 2. The molecule has 0 aromatic heterocycles. The molecule has 0 aliphatic heterocycles. The molecule has 1 aliphatic rings. The largest absolute Gasteiger partial charge is 0.465 e. The van der Waals surface area contributed by atoms with E-state index >= 15 is 0 Å². The molecule has 0 spiro atoms. The summed E-state index contributed by atoms with van der Waals surface area (Å²) in [5.41, 5.74) is 1.16. The Morgan fingerprint density at radius 3 is 2.68 bits per heavy atom. The second-order valence-electron chi connectivity index (χ2n) is 5.02. The minimum absolute atomic E-state index is 0.0365. The number of rotatable bonds is 4. The van der Waals surface area contributed by atoms with Gasteiger partial charge in [-0.25, -0.2) is 0 Å². The lowest BCUT2D eigenvalue weighted by Crippen LogP contribution is -2.35. The molecular weight excluding hydrogens is 240 g/mol. The second kappa shape index (κ2) is 6.50. The van der Waals surface area contributed by atoms with Gasteiger partial charge in [0, 0.05) is 5.92 Å². The molecule has 0 bridgehead atoms. The molecule has 1 saturated carbocycles. The maximum atomic E-state index is 12.3. The zero-order chi connectivity index (χ0) is 13.7. The van der Waals surface area contributed by atoms with Gasteiger partial charge in [0.1, 0.15) is 11.7 Å². The fraction of sp³-hybridized carbons (Fsp3) is 0.500. The summed E-state index contributed by atoms with van der Waals surface area (Å²) in [6.45, 7) is 2.11. The molecule has 19 heavy (non-hydrogen) atoms. The second-order valence-corrected chi connectivity index (χ2v) is 5.02. The van der Waals surface area contributed by atoms with Crippen molar-refractivity contribution in [1.29, 1.82) is 0 Å². The number of hydrogen-bond donors (Lipinski definition) is 0. The first-order chi connectivity index (χ1) is 9.22. The van der Waals surface area contributed by atoms with Gasteiger partial charge in [0.25, 0.3) is 0 Å². The van der Waals surface area contributed by atoms with E-state index in [9.17, 15) is 9.59 Å². The average molecular weight is 260 g/mol. The Kier molecular flexibility index (Phi) is 4.72. The molecule has 3 nitrogen and oxygen atoms in total. The summed E-state index contributed by atoms with van der Waals surface area (Å²) in [6, 6.07) is 9.98. The van der Waals surface area contributed by atoms with Crippen LogP contribution in [0, 0.1) is 11.8 Å². The quantitative estimate of drug-likeness (QED) is 0.617. The summed E-state index contributed by atoms with van der Waals surface area (Å²) in [5, 5.41) is 0. The van der Waals surface area contributed by atoms with E-state index in [1.54, 1.807) is 6.92 Å². The molecule has 0 N–H and O–H groups in total. The Bertz CT molecular complexity index is 439. The first kappa shape index (κ1) is 13.8. The summed E-state index contributed by atoms with van der Waals surface area (Å²) in [4.78, 5) is 24.1. The zero-order valence-corrected chi connectivity index (χ0v) is 11.3. The van der Waals surface area contributed by atoms with Crippen molar-refractivity contribution in [2.45, 2.75) is 32.6 Å². The molecule has 2 atom stereocenters. The summed E-state index contributed by atoms with van der Waals surface area (Å²) >= 11 is 0. The Morgan fingerprint density at radius 2 is 2.00 bits per heavy atom. The number of ketones is 1. The van der Waals surface area contributed by atoms with Gasteiger partial charge < -0.3 is 4.74 Å². The lowest BCUT2D eigenvalue weighted by atomic mass is 9.77. The van der Waals surface area contributed by atoms with Crippen molar-refractivity contribution >= 4 is 11.8 Å². The highest BCUT2D eigenvalue weighted by molar-refractivity contribution is 6.00. The maximum Gasteiger partial charge on any atom is 0.316 e. The van der Waals surface area contributed by atoms with Crippen LogP contribution >= 0.6 is 0 Å². The molecule has 2 unspecified atom stereocenters. The lowest BCUT2D eigenvalue weighted by molar-refractivity contribution is -0.154. The highest BCUT2D eigenvalue weighted by atomic mass is 16.5.